The summed E-state index contributed by atoms with van der Waals surface area (Å²) in [6.45, 7) is 11.2. The fourth-order valence-corrected chi connectivity index (χ4v) is 3.88. The summed E-state index contributed by atoms with van der Waals surface area (Å²) in [4.78, 5) is 40.5. The molecular formula is C25H41N3O5S. The molecule has 1 aromatic rings. The summed E-state index contributed by atoms with van der Waals surface area (Å²) in [6.07, 6.45) is 2.08. The normalized spacial score (nSPS) is 13.1. The van der Waals surface area contributed by atoms with Crippen molar-refractivity contribution in [3.63, 3.8) is 0 Å². The highest BCUT2D eigenvalue weighted by atomic mass is 32.1. The van der Waals surface area contributed by atoms with Crippen molar-refractivity contribution in [2.75, 3.05) is 25.4 Å². The van der Waals surface area contributed by atoms with Crippen molar-refractivity contribution < 1.29 is 24.2 Å². The maximum Gasteiger partial charge on any atom is 0.408 e. The van der Waals surface area contributed by atoms with Gasteiger partial charge in [0.15, 0.2) is 0 Å². The third-order valence-electron chi connectivity index (χ3n) is 4.99. The molecule has 0 heterocycles. The highest BCUT2D eigenvalue weighted by molar-refractivity contribution is 7.80. The van der Waals surface area contributed by atoms with Crippen LogP contribution in [0.1, 0.15) is 69.7 Å². The van der Waals surface area contributed by atoms with E-state index in [1.165, 1.54) is 4.90 Å². The number of nitrogens with one attached hydrogen (secondary N) is 2. The van der Waals surface area contributed by atoms with Crippen LogP contribution in [-0.2, 0) is 14.3 Å². The van der Waals surface area contributed by atoms with Crippen LogP contribution in [0, 0.1) is 13.8 Å². The number of ether oxygens (including phenoxy) is 1. The van der Waals surface area contributed by atoms with Gasteiger partial charge in [-0.1, -0.05) is 49.1 Å². The second-order valence-corrected chi connectivity index (χ2v) is 9.82. The third kappa shape index (κ3) is 9.93. The Hall–Kier alpha value is -2.26. The number of amides is 3. The molecule has 0 aliphatic carbocycles. The van der Waals surface area contributed by atoms with Crippen LogP contribution in [0.4, 0.5) is 4.79 Å². The smallest absolute Gasteiger partial charge is 0.408 e. The first-order valence-electron chi connectivity index (χ1n) is 11.8. The van der Waals surface area contributed by atoms with E-state index in [4.69, 9.17) is 4.74 Å². The molecule has 2 unspecified atom stereocenters. The first-order valence-corrected chi connectivity index (χ1v) is 12.4. The second kappa shape index (κ2) is 14.2. The number of unbranched alkanes of at least 4 members (excludes halogenated alkanes) is 2. The van der Waals surface area contributed by atoms with Crippen LogP contribution >= 0.6 is 12.6 Å². The minimum Gasteiger partial charge on any atom is -0.444 e. The zero-order valence-electron chi connectivity index (χ0n) is 21.3. The van der Waals surface area contributed by atoms with Crippen molar-refractivity contribution >= 4 is 30.5 Å². The Labute approximate surface area is 209 Å². The van der Waals surface area contributed by atoms with Crippen molar-refractivity contribution in [1.82, 2.24) is 15.5 Å². The summed E-state index contributed by atoms with van der Waals surface area (Å²) in [5, 5.41) is 15.2. The van der Waals surface area contributed by atoms with E-state index in [0.29, 0.717) is 12.1 Å². The maximum atomic E-state index is 13.5. The molecule has 1 rings (SSSR count). The molecule has 2 atom stereocenters. The Morgan fingerprint density at radius 3 is 2.24 bits per heavy atom. The summed E-state index contributed by atoms with van der Waals surface area (Å²) in [5.74, 6) is -0.863. The number of hydrogen-bond donors (Lipinski definition) is 4. The number of aliphatic hydroxyl groups excluding tert-OH is 1. The average molecular weight is 496 g/mol. The Balaban J connectivity index is 3.31. The van der Waals surface area contributed by atoms with Gasteiger partial charge in [0.2, 0.25) is 11.8 Å². The standard InChI is InChI=1S/C25H41N3O5S/c1-7-8-9-10-26-22(30)21(19-14-17(2)13-18(3)15-19)28(11-12-29)23(31)20(16-34)27-24(32)33-25(4,5)6/h13-15,20-21,29,34H,7-12,16H2,1-6H3,(H,26,30)(H,27,32). The average Bonchev–Trinajstić information content (AvgIpc) is 2.72. The van der Waals surface area contributed by atoms with Gasteiger partial charge in [0.25, 0.3) is 0 Å². The van der Waals surface area contributed by atoms with Gasteiger partial charge < -0.3 is 25.4 Å². The topological polar surface area (TPSA) is 108 Å². The van der Waals surface area contributed by atoms with E-state index in [1.807, 2.05) is 32.0 Å². The number of alkyl carbamates (subject to hydrolysis) is 1. The number of hydrogen-bond acceptors (Lipinski definition) is 6. The predicted molar refractivity (Wildman–Crippen MR) is 137 cm³/mol. The molecule has 34 heavy (non-hydrogen) atoms. The molecule has 0 spiro atoms. The quantitative estimate of drug-likeness (QED) is 0.263. The zero-order chi connectivity index (χ0) is 25.9. The number of carbonyl (C=O) groups excluding carboxylic acids is 3. The summed E-state index contributed by atoms with van der Waals surface area (Å²) in [6, 6.07) is 3.70. The Morgan fingerprint density at radius 1 is 1.12 bits per heavy atom. The number of carbonyl (C=O) groups is 3. The van der Waals surface area contributed by atoms with Crippen LogP contribution in [0.3, 0.4) is 0 Å². The van der Waals surface area contributed by atoms with Gasteiger partial charge in [0, 0.05) is 18.8 Å². The summed E-state index contributed by atoms with van der Waals surface area (Å²) < 4.78 is 5.28. The fraction of sp³-hybridized carbons (Fsp3) is 0.640. The van der Waals surface area contributed by atoms with Gasteiger partial charge in [0.05, 0.1) is 6.61 Å². The highest BCUT2D eigenvalue weighted by Crippen LogP contribution is 2.25. The van der Waals surface area contributed by atoms with E-state index in [-0.39, 0.29) is 24.8 Å². The van der Waals surface area contributed by atoms with E-state index in [2.05, 4.69) is 30.2 Å². The molecule has 0 aromatic heterocycles. The molecule has 0 bridgehead atoms. The molecule has 0 saturated heterocycles. The van der Waals surface area contributed by atoms with Gasteiger partial charge in [-0.05, 0) is 46.6 Å². The van der Waals surface area contributed by atoms with E-state index in [1.54, 1.807) is 20.8 Å². The monoisotopic (exact) mass is 495 g/mol. The molecule has 3 N–H and O–H groups in total. The van der Waals surface area contributed by atoms with Gasteiger partial charge in [-0.15, -0.1) is 0 Å². The molecule has 0 aliphatic rings. The van der Waals surface area contributed by atoms with E-state index >= 15 is 0 Å². The van der Waals surface area contributed by atoms with E-state index < -0.39 is 29.7 Å². The van der Waals surface area contributed by atoms with E-state index in [9.17, 15) is 19.5 Å². The van der Waals surface area contributed by atoms with Crippen LogP contribution in [0.25, 0.3) is 0 Å². The van der Waals surface area contributed by atoms with Gasteiger partial charge in [0.1, 0.15) is 17.7 Å². The zero-order valence-corrected chi connectivity index (χ0v) is 22.2. The lowest BCUT2D eigenvalue weighted by Gasteiger charge is -2.34. The van der Waals surface area contributed by atoms with E-state index in [0.717, 1.165) is 30.4 Å². The molecule has 0 fully saturated rings. The molecule has 1 aromatic carbocycles. The third-order valence-corrected chi connectivity index (χ3v) is 5.36. The van der Waals surface area contributed by atoms with Crippen molar-refractivity contribution in [1.29, 1.82) is 0 Å². The molecule has 9 heteroatoms. The Morgan fingerprint density at radius 2 is 1.74 bits per heavy atom. The Kier molecular flexibility index (Phi) is 12.4. The largest absolute Gasteiger partial charge is 0.444 e. The summed E-state index contributed by atoms with van der Waals surface area (Å²) in [7, 11) is 0. The molecule has 192 valence electrons. The molecule has 0 radical (unpaired) electrons. The lowest BCUT2D eigenvalue weighted by molar-refractivity contribution is -0.142. The van der Waals surface area contributed by atoms with Crippen LogP contribution in [0.5, 0.6) is 0 Å². The lowest BCUT2D eigenvalue weighted by Crippen LogP contribution is -2.54. The number of aliphatic hydroxyl groups is 1. The first-order chi connectivity index (χ1) is 15.9. The summed E-state index contributed by atoms with van der Waals surface area (Å²) >= 11 is 4.24. The number of thiol groups is 1. The van der Waals surface area contributed by atoms with Gasteiger partial charge in [-0.3, -0.25) is 9.59 Å². The van der Waals surface area contributed by atoms with Gasteiger partial charge >= 0.3 is 6.09 Å². The van der Waals surface area contributed by atoms with Crippen LogP contribution < -0.4 is 10.6 Å². The first kappa shape index (κ1) is 29.8. The van der Waals surface area contributed by atoms with Gasteiger partial charge in [-0.2, -0.15) is 12.6 Å². The highest BCUT2D eigenvalue weighted by Gasteiger charge is 2.35. The predicted octanol–water partition coefficient (Wildman–Crippen LogP) is 3.29. The van der Waals surface area contributed by atoms with Crippen molar-refractivity contribution in [2.24, 2.45) is 0 Å². The summed E-state index contributed by atoms with van der Waals surface area (Å²) in [5.41, 5.74) is 1.81. The Bertz CT molecular complexity index is 805. The molecule has 8 nitrogen and oxygen atoms in total. The second-order valence-electron chi connectivity index (χ2n) is 9.46. The minimum atomic E-state index is -1.04. The molecule has 0 aliphatic heterocycles. The minimum absolute atomic E-state index is 0.00229. The lowest BCUT2D eigenvalue weighted by atomic mass is 9.98. The van der Waals surface area contributed by atoms with Crippen LogP contribution in [0.2, 0.25) is 0 Å². The van der Waals surface area contributed by atoms with Gasteiger partial charge in [-0.25, -0.2) is 4.79 Å². The van der Waals surface area contributed by atoms with Crippen LogP contribution in [0.15, 0.2) is 18.2 Å². The number of aryl methyl sites for hydroxylation is 2. The maximum absolute atomic E-state index is 13.5. The number of benzene rings is 1. The molecule has 3 amide bonds. The SMILES string of the molecule is CCCCCNC(=O)C(c1cc(C)cc(C)c1)N(CCO)C(=O)C(CS)NC(=O)OC(C)(C)C. The van der Waals surface area contributed by atoms with Crippen LogP contribution in [-0.4, -0.2) is 65.0 Å². The van der Waals surface area contributed by atoms with Crippen molar-refractivity contribution in [3.8, 4) is 0 Å². The fourth-order valence-electron chi connectivity index (χ4n) is 3.63. The number of rotatable bonds is 12. The molecular weight excluding hydrogens is 454 g/mol. The van der Waals surface area contributed by atoms with Crippen molar-refractivity contribution in [3.05, 3.63) is 34.9 Å². The number of nitrogens with zero attached hydrogens (tertiary/aromatic N) is 1. The van der Waals surface area contributed by atoms with Crippen molar-refractivity contribution in [2.45, 2.75) is 78.5 Å². The molecule has 0 saturated carbocycles.